The number of hydrogen-bond acceptors (Lipinski definition) is 3. The second kappa shape index (κ2) is 5.80. The molecular weight excluding hydrogens is 226 g/mol. The van der Waals surface area contributed by atoms with Crippen molar-refractivity contribution in [3.8, 4) is 11.3 Å². The van der Waals surface area contributed by atoms with Crippen LogP contribution in [0.1, 0.15) is 18.1 Å². The Morgan fingerprint density at radius 1 is 1.44 bits per heavy atom. The molecule has 96 valence electrons. The molecule has 0 bridgehead atoms. The topological polar surface area (TPSA) is 60.9 Å². The van der Waals surface area contributed by atoms with Crippen molar-refractivity contribution in [2.45, 2.75) is 26.4 Å². The predicted molar refractivity (Wildman–Crippen MR) is 72.1 cm³/mol. The Balaban J connectivity index is 2.17. The Morgan fingerprint density at radius 2 is 2.28 bits per heavy atom. The highest BCUT2D eigenvalue weighted by molar-refractivity contribution is 5.63. The molecule has 2 rings (SSSR count). The molecule has 4 heteroatoms. The van der Waals surface area contributed by atoms with Crippen LogP contribution in [0.4, 0.5) is 0 Å². The average molecular weight is 245 g/mol. The van der Waals surface area contributed by atoms with E-state index in [1.807, 2.05) is 19.2 Å². The second-order valence-electron chi connectivity index (χ2n) is 4.60. The molecule has 1 atom stereocenters. The van der Waals surface area contributed by atoms with Crippen LogP contribution in [0.5, 0.6) is 0 Å². The summed E-state index contributed by atoms with van der Waals surface area (Å²) in [5.74, 6) is 0. The molecule has 3 N–H and O–H groups in total. The van der Waals surface area contributed by atoms with Crippen molar-refractivity contribution in [1.29, 1.82) is 0 Å². The molecule has 2 aromatic rings. The van der Waals surface area contributed by atoms with Gasteiger partial charge in [-0.1, -0.05) is 23.8 Å². The van der Waals surface area contributed by atoms with Crippen molar-refractivity contribution in [2.24, 2.45) is 0 Å². The lowest BCUT2D eigenvalue weighted by molar-refractivity contribution is 0.251. The van der Waals surface area contributed by atoms with Crippen LogP contribution in [0, 0.1) is 6.92 Å². The van der Waals surface area contributed by atoms with E-state index in [9.17, 15) is 0 Å². The summed E-state index contributed by atoms with van der Waals surface area (Å²) in [4.78, 5) is 0. The normalized spacial score (nSPS) is 12.6. The number of aryl methyl sites for hydroxylation is 1. The minimum Gasteiger partial charge on any atom is -0.395 e. The first kappa shape index (κ1) is 12.8. The number of aromatic amines is 1. The van der Waals surface area contributed by atoms with Crippen LogP contribution < -0.4 is 5.32 Å². The first-order chi connectivity index (χ1) is 8.70. The largest absolute Gasteiger partial charge is 0.395 e. The van der Waals surface area contributed by atoms with Crippen molar-refractivity contribution >= 4 is 0 Å². The van der Waals surface area contributed by atoms with Crippen molar-refractivity contribution in [1.82, 2.24) is 15.5 Å². The number of hydrogen-bond donors (Lipinski definition) is 3. The third-order valence-electron chi connectivity index (χ3n) is 2.94. The molecular formula is C14H19N3O. The van der Waals surface area contributed by atoms with Crippen LogP contribution >= 0.6 is 0 Å². The fraction of sp³-hybridized carbons (Fsp3) is 0.357. The van der Waals surface area contributed by atoms with Crippen molar-refractivity contribution < 1.29 is 5.11 Å². The molecule has 1 aromatic heterocycles. The lowest BCUT2D eigenvalue weighted by Crippen LogP contribution is -2.28. The van der Waals surface area contributed by atoms with E-state index >= 15 is 0 Å². The van der Waals surface area contributed by atoms with Gasteiger partial charge in [-0.25, -0.2) is 0 Å². The maximum atomic E-state index is 9.00. The van der Waals surface area contributed by atoms with Gasteiger partial charge in [0.1, 0.15) is 0 Å². The van der Waals surface area contributed by atoms with E-state index < -0.39 is 0 Å². The van der Waals surface area contributed by atoms with Crippen molar-refractivity contribution in [2.75, 3.05) is 6.61 Å². The molecule has 1 unspecified atom stereocenters. The Kier molecular flexibility index (Phi) is 4.12. The molecule has 0 saturated heterocycles. The van der Waals surface area contributed by atoms with Gasteiger partial charge in [-0.15, -0.1) is 0 Å². The maximum absolute atomic E-state index is 9.00. The molecule has 0 aliphatic heterocycles. The molecule has 18 heavy (non-hydrogen) atoms. The summed E-state index contributed by atoms with van der Waals surface area (Å²) in [6.45, 7) is 4.86. The van der Waals surface area contributed by atoms with Gasteiger partial charge in [0.25, 0.3) is 0 Å². The van der Waals surface area contributed by atoms with Crippen molar-refractivity contribution in [3.05, 3.63) is 41.6 Å². The van der Waals surface area contributed by atoms with E-state index in [4.69, 9.17) is 5.11 Å². The number of aliphatic hydroxyl groups excluding tert-OH is 1. The number of aromatic nitrogens is 2. The molecule has 0 radical (unpaired) electrons. The molecule has 4 nitrogen and oxygen atoms in total. The molecule has 0 aliphatic rings. The van der Waals surface area contributed by atoms with Crippen LogP contribution in [-0.2, 0) is 6.54 Å². The van der Waals surface area contributed by atoms with Gasteiger partial charge in [0.2, 0.25) is 0 Å². The van der Waals surface area contributed by atoms with Crippen LogP contribution in [-0.4, -0.2) is 28.0 Å². The lowest BCUT2D eigenvalue weighted by atomic mass is 10.1. The summed E-state index contributed by atoms with van der Waals surface area (Å²) in [5, 5.41) is 19.4. The zero-order chi connectivity index (χ0) is 13.0. The summed E-state index contributed by atoms with van der Waals surface area (Å²) >= 11 is 0. The third kappa shape index (κ3) is 2.97. The summed E-state index contributed by atoms with van der Waals surface area (Å²) in [7, 11) is 0. The SMILES string of the molecule is Cc1cccc(-c2[nH]ncc2CNC(C)CO)c1. The van der Waals surface area contributed by atoms with Gasteiger partial charge >= 0.3 is 0 Å². The van der Waals surface area contributed by atoms with Gasteiger partial charge in [0.05, 0.1) is 18.5 Å². The molecule has 0 aliphatic carbocycles. The van der Waals surface area contributed by atoms with E-state index in [1.165, 1.54) is 5.56 Å². The van der Waals surface area contributed by atoms with Crippen LogP contribution in [0.25, 0.3) is 11.3 Å². The Hall–Kier alpha value is -1.65. The monoisotopic (exact) mass is 245 g/mol. The van der Waals surface area contributed by atoms with Gasteiger partial charge in [0.15, 0.2) is 0 Å². The maximum Gasteiger partial charge on any atom is 0.0695 e. The second-order valence-corrected chi connectivity index (χ2v) is 4.60. The van der Waals surface area contributed by atoms with E-state index in [2.05, 4.69) is 40.6 Å². The number of benzene rings is 1. The number of nitrogens with zero attached hydrogens (tertiary/aromatic N) is 1. The van der Waals surface area contributed by atoms with Crippen LogP contribution in [0.3, 0.4) is 0 Å². The molecule has 0 amide bonds. The fourth-order valence-electron chi connectivity index (χ4n) is 1.84. The Bertz CT molecular complexity index is 507. The predicted octanol–water partition coefficient (Wildman–Crippen LogP) is 1.86. The highest BCUT2D eigenvalue weighted by atomic mass is 16.3. The van der Waals surface area contributed by atoms with E-state index in [0.29, 0.717) is 6.54 Å². The van der Waals surface area contributed by atoms with Gasteiger partial charge in [-0.2, -0.15) is 5.10 Å². The fourth-order valence-corrected chi connectivity index (χ4v) is 1.84. The summed E-state index contributed by atoms with van der Waals surface area (Å²) in [6.07, 6.45) is 1.83. The number of H-pyrrole nitrogens is 1. The Morgan fingerprint density at radius 3 is 3.00 bits per heavy atom. The van der Waals surface area contributed by atoms with Gasteiger partial charge < -0.3 is 10.4 Å². The third-order valence-corrected chi connectivity index (χ3v) is 2.94. The average Bonchev–Trinajstić information content (AvgIpc) is 2.84. The molecule has 1 aromatic carbocycles. The van der Waals surface area contributed by atoms with E-state index in [1.54, 1.807) is 0 Å². The smallest absolute Gasteiger partial charge is 0.0695 e. The van der Waals surface area contributed by atoms with Crippen LogP contribution in [0.2, 0.25) is 0 Å². The molecule has 1 heterocycles. The zero-order valence-electron chi connectivity index (χ0n) is 10.8. The minimum absolute atomic E-state index is 0.0882. The van der Waals surface area contributed by atoms with Crippen LogP contribution in [0.15, 0.2) is 30.5 Å². The lowest BCUT2D eigenvalue weighted by Gasteiger charge is -2.10. The van der Waals surface area contributed by atoms with Gasteiger partial charge in [0, 0.05) is 23.7 Å². The summed E-state index contributed by atoms with van der Waals surface area (Å²) < 4.78 is 0. The number of rotatable bonds is 5. The van der Waals surface area contributed by atoms with E-state index in [0.717, 1.165) is 16.8 Å². The number of nitrogens with one attached hydrogen (secondary N) is 2. The number of aliphatic hydroxyl groups is 1. The Labute approximate surface area is 107 Å². The molecule has 0 fully saturated rings. The minimum atomic E-state index is 0.0882. The summed E-state index contributed by atoms with van der Waals surface area (Å²) in [5.41, 5.74) is 4.52. The first-order valence-electron chi connectivity index (χ1n) is 6.14. The molecule has 0 saturated carbocycles. The van der Waals surface area contributed by atoms with Gasteiger partial charge in [-0.05, 0) is 19.9 Å². The zero-order valence-corrected chi connectivity index (χ0v) is 10.8. The standard InChI is InChI=1S/C14H19N3O/c1-10-4-3-5-12(6-10)14-13(8-16-17-14)7-15-11(2)9-18/h3-6,8,11,15,18H,7,9H2,1-2H3,(H,16,17). The van der Waals surface area contributed by atoms with Gasteiger partial charge in [-0.3, -0.25) is 5.10 Å². The quantitative estimate of drug-likeness (QED) is 0.753. The highest BCUT2D eigenvalue weighted by Crippen LogP contribution is 2.21. The van der Waals surface area contributed by atoms with Crippen molar-refractivity contribution in [3.63, 3.8) is 0 Å². The molecule has 0 spiro atoms. The highest BCUT2D eigenvalue weighted by Gasteiger charge is 2.08. The first-order valence-corrected chi connectivity index (χ1v) is 6.14. The van der Waals surface area contributed by atoms with E-state index in [-0.39, 0.29) is 12.6 Å². The summed E-state index contributed by atoms with van der Waals surface area (Å²) in [6, 6.07) is 8.40.